The Bertz CT molecular complexity index is 599. The lowest BCUT2D eigenvalue weighted by Gasteiger charge is -2.23. The average Bonchev–Trinajstić information content (AvgIpc) is 2.59. The summed E-state index contributed by atoms with van der Waals surface area (Å²) in [4.78, 5) is 22.6. The first-order valence-electron chi connectivity index (χ1n) is 5.44. The number of hydrogen-bond acceptors (Lipinski definition) is 6. The van der Waals surface area contributed by atoms with Crippen LogP contribution in [0.4, 0.5) is 4.39 Å². The number of halogens is 1. The van der Waals surface area contributed by atoms with Gasteiger partial charge in [0.2, 0.25) is 0 Å². The Morgan fingerprint density at radius 2 is 2.33 bits per heavy atom. The molecule has 1 aromatic heterocycles. The van der Waals surface area contributed by atoms with E-state index in [0.717, 1.165) is 12.3 Å². The fraction of sp³-hybridized carbons (Fsp3) is 0.556. The van der Waals surface area contributed by atoms with Crippen molar-refractivity contribution in [1.82, 2.24) is 9.54 Å². The van der Waals surface area contributed by atoms with Crippen molar-refractivity contribution in [3.05, 3.63) is 33.1 Å². The van der Waals surface area contributed by atoms with E-state index in [-0.39, 0.29) is 4.98 Å². The van der Waals surface area contributed by atoms with E-state index in [1.807, 2.05) is 0 Å². The van der Waals surface area contributed by atoms with Crippen molar-refractivity contribution in [2.24, 2.45) is 0 Å². The third-order valence-electron chi connectivity index (χ3n) is 2.65. The number of ether oxygens (including phenoxy) is 1. The molecule has 0 aromatic carbocycles. The molecule has 0 aliphatic carbocycles. The fourth-order valence-corrected chi connectivity index (χ4v) is 1.72. The maximum Gasteiger partial charge on any atom is 0.330 e. The van der Waals surface area contributed by atoms with Crippen molar-refractivity contribution >= 4 is 0 Å². The molecule has 0 spiro atoms. The van der Waals surface area contributed by atoms with Gasteiger partial charge in [0.1, 0.15) is 12.2 Å². The summed E-state index contributed by atoms with van der Waals surface area (Å²) in [5.74, 6) is -3.34. The van der Waals surface area contributed by atoms with E-state index in [1.54, 1.807) is 0 Å². The quantitative estimate of drug-likeness (QED) is 0.465. The molecule has 2 heterocycles. The summed E-state index contributed by atoms with van der Waals surface area (Å²) in [6.45, 7) is -0.779. The van der Waals surface area contributed by atoms with Crippen molar-refractivity contribution < 1.29 is 25.9 Å². The van der Waals surface area contributed by atoms with Crippen LogP contribution in [0.2, 0.25) is 1.41 Å². The van der Waals surface area contributed by atoms with E-state index >= 15 is 0 Å². The maximum absolute atomic E-state index is 14.0. The number of alkyl halides is 1. The van der Waals surface area contributed by atoms with E-state index in [0.29, 0.717) is 4.57 Å². The van der Waals surface area contributed by atoms with Gasteiger partial charge in [0.15, 0.2) is 7.64 Å². The SMILES string of the molecule is [2H]n1c(=O)ccn([C@@H]2O[C@H](CO)[C@@H](O)[C@]2(O)F)c1=O. The Morgan fingerprint density at radius 1 is 1.67 bits per heavy atom. The molecule has 18 heavy (non-hydrogen) atoms. The van der Waals surface area contributed by atoms with Gasteiger partial charge in [-0.3, -0.25) is 14.3 Å². The second-order valence-electron chi connectivity index (χ2n) is 3.84. The molecule has 0 radical (unpaired) electrons. The van der Waals surface area contributed by atoms with Gasteiger partial charge in [-0.15, -0.1) is 0 Å². The molecular weight excluding hydrogens is 251 g/mol. The van der Waals surface area contributed by atoms with Crippen LogP contribution in [0.5, 0.6) is 0 Å². The number of H-pyrrole nitrogens is 1. The predicted molar refractivity (Wildman–Crippen MR) is 54.4 cm³/mol. The van der Waals surface area contributed by atoms with E-state index in [9.17, 15) is 24.2 Å². The normalized spacial score (nSPS) is 36.7. The molecule has 0 amide bonds. The van der Waals surface area contributed by atoms with Gasteiger partial charge in [0.05, 0.1) is 6.61 Å². The summed E-state index contributed by atoms with van der Waals surface area (Å²) in [7, 11) is 0. The zero-order valence-corrected chi connectivity index (χ0v) is 8.93. The topological polar surface area (TPSA) is 125 Å². The molecule has 100 valence electrons. The maximum atomic E-state index is 14.0. The molecule has 1 fully saturated rings. The van der Waals surface area contributed by atoms with Crippen LogP contribution >= 0.6 is 0 Å². The van der Waals surface area contributed by atoms with Crippen LogP contribution in [-0.4, -0.2) is 49.5 Å². The van der Waals surface area contributed by atoms with Crippen molar-refractivity contribution in [3.63, 3.8) is 0 Å². The smallest absolute Gasteiger partial charge is 0.330 e. The highest BCUT2D eigenvalue weighted by molar-refractivity contribution is 4.97. The third kappa shape index (κ3) is 1.86. The molecule has 8 nitrogen and oxygen atoms in total. The summed E-state index contributed by atoms with van der Waals surface area (Å²) in [5.41, 5.74) is -2.19. The zero-order valence-electron chi connectivity index (χ0n) is 9.93. The lowest BCUT2D eigenvalue weighted by molar-refractivity contribution is -0.197. The minimum atomic E-state index is -3.34. The van der Waals surface area contributed by atoms with Gasteiger partial charge in [-0.1, -0.05) is 0 Å². The van der Waals surface area contributed by atoms with E-state index < -0.39 is 42.1 Å². The lowest BCUT2D eigenvalue weighted by atomic mass is 10.1. The van der Waals surface area contributed by atoms with Crippen molar-refractivity contribution in [2.75, 3.05) is 6.61 Å². The number of nitrogens with zero attached hydrogens (tertiary/aromatic N) is 1. The number of aromatic nitrogens is 2. The Balaban J connectivity index is 2.51. The molecule has 0 unspecified atom stereocenters. The van der Waals surface area contributed by atoms with Gasteiger partial charge in [0, 0.05) is 12.3 Å². The van der Waals surface area contributed by atoms with Crippen molar-refractivity contribution in [2.45, 2.75) is 24.3 Å². The molecule has 4 N–H and O–H groups in total. The first kappa shape index (κ1) is 11.5. The van der Waals surface area contributed by atoms with Crippen LogP contribution in [0.25, 0.3) is 0 Å². The molecule has 1 aliphatic rings. The van der Waals surface area contributed by atoms with E-state index in [4.69, 9.17) is 11.3 Å². The summed E-state index contributed by atoms with van der Waals surface area (Å²) in [6, 6.07) is 0.798. The van der Waals surface area contributed by atoms with Gasteiger partial charge >= 0.3 is 5.69 Å². The van der Waals surface area contributed by atoms with Crippen molar-refractivity contribution in [3.8, 4) is 0 Å². The van der Waals surface area contributed by atoms with Gasteiger partial charge < -0.3 is 20.1 Å². The zero-order chi connectivity index (χ0) is 14.4. The molecule has 0 bridgehead atoms. The van der Waals surface area contributed by atoms with Crippen LogP contribution in [0.1, 0.15) is 6.23 Å². The minimum Gasteiger partial charge on any atom is -0.394 e. The Kier molecular flexibility index (Phi) is 2.74. The van der Waals surface area contributed by atoms with Crippen LogP contribution in [0.15, 0.2) is 21.9 Å². The van der Waals surface area contributed by atoms with Crippen molar-refractivity contribution in [1.29, 1.82) is 0 Å². The summed E-state index contributed by atoms with van der Waals surface area (Å²) in [6.07, 6.45) is -4.64. The Morgan fingerprint density at radius 3 is 2.89 bits per heavy atom. The van der Waals surface area contributed by atoms with Gasteiger partial charge in [-0.25, -0.2) is 9.18 Å². The van der Waals surface area contributed by atoms with E-state index in [1.165, 1.54) is 0 Å². The van der Waals surface area contributed by atoms with Gasteiger partial charge in [-0.05, 0) is 0 Å². The van der Waals surface area contributed by atoms with Gasteiger partial charge in [0.25, 0.3) is 11.4 Å². The molecule has 2 rings (SSSR count). The first-order chi connectivity index (χ1) is 8.80. The second-order valence-corrected chi connectivity index (χ2v) is 3.84. The van der Waals surface area contributed by atoms with Crippen LogP contribution in [0, 0.1) is 0 Å². The molecule has 1 saturated heterocycles. The van der Waals surface area contributed by atoms with Crippen LogP contribution in [0.3, 0.4) is 0 Å². The van der Waals surface area contributed by atoms with Crippen LogP contribution < -0.4 is 11.2 Å². The second kappa shape index (κ2) is 4.28. The Labute approximate surface area is 100 Å². The number of nitrogens with one attached hydrogen (secondary N) is 1. The summed E-state index contributed by atoms with van der Waals surface area (Å²) >= 11 is 0. The lowest BCUT2D eigenvalue weighted by Crippen LogP contribution is -2.45. The molecule has 0 saturated carbocycles. The van der Waals surface area contributed by atoms with Crippen LogP contribution in [-0.2, 0) is 4.74 Å². The number of hydrogen-bond donors (Lipinski definition) is 4. The molecule has 9 heteroatoms. The standard InChI is InChI=1S/C9H11FN2O6/c10-9(17)6(15)4(3-13)18-7(9)12-2-1-5(14)11-8(12)16/h1-2,4,6-7,13,15,17H,3H2,(H,11,14,16)/t4-,6-,7-,9-/m1/s1/i/hD. The molecule has 1 aromatic rings. The predicted octanol–water partition coefficient (Wildman–Crippen LogP) is -2.55. The highest BCUT2D eigenvalue weighted by Crippen LogP contribution is 2.38. The monoisotopic (exact) mass is 263 g/mol. The highest BCUT2D eigenvalue weighted by Gasteiger charge is 2.57. The summed E-state index contributed by atoms with van der Waals surface area (Å²) in [5, 5.41) is 27.8. The Hall–Kier alpha value is -1.55. The molecular formula is C9H11FN2O6. The highest BCUT2D eigenvalue weighted by atomic mass is 19.2. The van der Waals surface area contributed by atoms with Gasteiger partial charge in [-0.2, -0.15) is 0 Å². The molecule has 4 atom stereocenters. The third-order valence-corrected chi connectivity index (χ3v) is 2.65. The number of aromatic amines is 1. The number of aliphatic hydroxyl groups excluding tert-OH is 2. The number of aliphatic hydroxyl groups is 3. The summed E-state index contributed by atoms with van der Waals surface area (Å²) < 4.78 is 26.4. The minimum absolute atomic E-state index is 0.0574. The van der Waals surface area contributed by atoms with E-state index in [2.05, 4.69) is 0 Å². The average molecular weight is 263 g/mol. The number of rotatable bonds is 2. The largest absolute Gasteiger partial charge is 0.394 e. The first-order valence-corrected chi connectivity index (χ1v) is 4.99. The fourth-order valence-electron chi connectivity index (χ4n) is 1.72. The molecule has 1 aliphatic heterocycles.